The summed E-state index contributed by atoms with van der Waals surface area (Å²) < 4.78 is 5.60. The molecule has 0 aromatic rings. The molecule has 1 aliphatic carbocycles. The van der Waals surface area contributed by atoms with Crippen molar-refractivity contribution in [3.63, 3.8) is 0 Å². The molecule has 0 saturated carbocycles. The van der Waals surface area contributed by atoms with Gasteiger partial charge in [0.1, 0.15) is 5.84 Å². The van der Waals surface area contributed by atoms with Gasteiger partial charge in [-0.3, -0.25) is 9.79 Å². The van der Waals surface area contributed by atoms with Crippen LogP contribution in [0.3, 0.4) is 0 Å². The predicted octanol–water partition coefficient (Wildman–Crippen LogP) is 1.52. The van der Waals surface area contributed by atoms with Crippen molar-refractivity contribution in [2.24, 2.45) is 4.99 Å². The summed E-state index contributed by atoms with van der Waals surface area (Å²) in [7, 11) is 0. The van der Waals surface area contributed by atoms with E-state index in [0.29, 0.717) is 5.84 Å². The molecular formula is C15H22N2O4. The van der Waals surface area contributed by atoms with E-state index in [1.165, 1.54) is 0 Å². The maximum Gasteiger partial charge on any atom is 0.303 e. The maximum atomic E-state index is 10.8. The second-order valence-corrected chi connectivity index (χ2v) is 6.15. The average molecular weight is 294 g/mol. The molecule has 0 bridgehead atoms. The number of allylic oxidation sites excluding steroid dienone is 2. The van der Waals surface area contributed by atoms with Gasteiger partial charge in [-0.05, 0) is 20.8 Å². The van der Waals surface area contributed by atoms with Crippen molar-refractivity contribution in [1.82, 2.24) is 4.90 Å². The van der Waals surface area contributed by atoms with Gasteiger partial charge in [0.25, 0.3) is 0 Å². The highest BCUT2D eigenvalue weighted by Gasteiger charge is 2.39. The minimum atomic E-state index is -1.15. The molecule has 0 aromatic carbocycles. The normalized spacial score (nSPS) is 25.7. The quantitative estimate of drug-likeness (QED) is 0.751. The lowest BCUT2D eigenvalue weighted by Crippen LogP contribution is -2.49. The van der Waals surface area contributed by atoms with E-state index < -0.39 is 18.0 Å². The number of carboxylic acid groups (broad SMARTS) is 1. The standard InChI is InChI=1S/C15H22N2O4/c1-15(2,3)21-14(20)17-11-7-5-4-6-10(11)16-12(17)8-9-13(18)19/h4-7,10-11,14,20H,8-9H2,1-3H3,(H,18,19)/t10?,11?,14-/m0/s1. The van der Waals surface area contributed by atoms with E-state index in [4.69, 9.17) is 9.84 Å². The van der Waals surface area contributed by atoms with Crippen molar-refractivity contribution in [2.45, 2.75) is 57.7 Å². The number of aliphatic carboxylic acids is 1. The molecule has 6 heteroatoms. The van der Waals surface area contributed by atoms with Crippen LogP contribution in [0.2, 0.25) is 0 Å². The number of aliphatic imine (C=N–C) groups is 1. The van der Waals surface area contributed by atoms with Crippen LogP contribution in [0.4, 0.5) is 0 Å². The molecule has 0 spiro atoms. The number of ether oxygens (including phenoxy) is 1. The van der Waals surface area contributed by atoms with E-state index in [9.17, 15) is 9.90 Å². The second kappa shape index (κ2) is 5.99. The minimum absolute atomic E-state index is 0.0234. The van der Waals surface area contributed by atoms with Gasteiger partial charge in [-0.2, -0.15) is 0 Å². The Hall–Kier alpha value is -1.66. The monoisotopic (exact) mass is 294 g/mol. The number of fused-ring (bicyclic) bond motifs is 1. The average Bonchev–Trinajstić information content (AvgIpc) is 2.72. The zero-order chi connectivity index (χ0) is 15.6. The Balaban J connectivity index is 2.17. The number of carboxylic acids is 1. The molecule has 2 rings (SSSR count). The van der Waals surface area contributed by atoms with Gasteiger partial charge in [-0.25, -0.2) is 0 Å². The van der Waals surface area contributed by atoms with Crippen LogP contribution in [0.5, 0.6) is 0 Å². The van der Waals surface area contributed by atoms with Crippen LogP contribution in [0.25, 0.3) is 0 Å². The van der Waals surface area contributed by atoms with Crippen molar-refractivity contribution in [3.8, 4) is 0 Å². The van der Waals surface area contributed by atoms with Crippen LogP contribution in [-0.4, -0.2) is 51.0 Å². The topological polar surface area (TPSA) is 82.4 Å². The Morgan fingerprint density at radius 3 is 2.71 bits per heavy atom. The van der Waals surface area contributed by atoms with Gasteiger partial charge in [0.2, 0.25) is 6.41 Å². The second-order valence-electron chi connectivity index (χ2n) is 6.15. The van der Waals surface area contributed by atoms with Crippen molar-refractivity contribution >= 4 is 11.8 Å². The third kappa shape index (κ3) is 3.92. The van der Waals surface area contributed by atoms with Crippen LogP contribution in [0, 0.1) is 0 Å². The first-order chi connectivity index (χ1) is 9.78. The lowest BCUT2D eigenvalue weighted by molar-refractivity contribution is -0.223. The molecule has 116 valence electrons. The van der Waals surface area contributed by atoms with Gasteiger partial charge < -0.3 is 19.8 Å². The van der Waals surface area contributed by atoms with Crippen LogP contribution in [0.15, 0.2) is 29.3 Å². The number of rotatable bonds is 5. The molecule has 6 nitrogen and oxygen atoms in total. The molecule has 0 aromatic heterocycles. The summed E-state index contributed by atoms with van der Waals surface area (Å²) in [4.78, 5) is 17.0. The summed E-state index contributed by atoms with van der Waals surface area (Å²) in [6.45, 7) is 5.57. The molecule has 0 fully saturated rings. The molecular weight excluding hydrogens is 272 g/mol. The number of hydrogen-bond donors (Lipinski definition) is 2. The molecule has 0 radical (unpaired) electrons. The molecule has 1 heterocycles. The number of hydrogen-bond acceptors (Lipinski definition) is 5. The third-order valence-electron chi connectivity index (χ3n) is 3.25. The summed E-state index contributed by atoms with van der Waals surface area (Å²) in [6.07, 6.45) is 6.78. The Bertz CT molecular complexity index is 490. The van der Waals surface area contributed by atoms with Gasteiger partial charge in [0, 0.05) is 6.42 Å². The zero-order valence-corrected chi connectivity index (χ0v) is 12.6. The van der Waals surface area contributed by atoms with E-state index in [-0.39, 0.29) is 24.9 Å². The van der Waals surface area contributed by atoms with Gasteiger partial charge in [0.05, 0.1) is 24.1 Å². The SMILES string of the molecule is CC(C)(C)O[C@H](O)N1C(CCC(=O)O)=NC2C=CC=CC21. The largest absolute Gasteiger partial charge is 0.481 e. The number of carbonyl (C=O) groups is 1. The van der Waals surface area contributed by atoms with E-state index in [0.717, 1.165) is 0 Å². The van der Waals surface area contributed by atoms with E-state index >= 15 is 0 Å². The lowest BCUT2D eigenvalue weighted by Gasteiger charge is -2.36. The summed E-state index contributed by atoms with van der Waals surface area (Å²) in [5.41, 5.74) is -0.510. The number of nitrogens with zero attached hydrogens (tertiary/aromatic N) is 2. The molecule has 0 saturated heterocycles. The van der Waals surface area contributed by atoms with E-state index in [2.05, 4.69) is 4.99 Å². The number of amidine groups is 1. The predicted molar refractivity (Wildman–Crippen MR) is 78.8 cm³/mol. The smallest absolute Gasteiger partial charge is 0.303 e. The number of aliphatic hydroxyl groups excluding tert-OH is 1. The van der Waals surface area contributed by atoms with Gasteiger partial charge in [-0.15, -0.1) is 0 Å². The summed E-state index contributed by atoms with van der Waals surface area (Å²) >= 11 is 0. The van der Waals surface area contributed by atoms with Gasteiger partial charge >= 0.3 is 5.97 Å². The summed E-state index contributed by atoms with van der Waals surface area (Å²) in [6, 6.07) is -0.229. The molecule has 2 N–H and O–H groups in total. The lowest BCUT2D eigenvalue weighted by atomic mass is 10.0. The van der Waals surface area contributed by atoms with Crippen LogP contribution >= 0.6 is 0 Å². The van der Waals surface area contributed by atoms with Crippen molar-refractivity contribution in [2.75, 3.05) is 0 Å². The highest BCUT2D eigenvalue weighted by atomic mass is 16.6. The molecule has 2 aliphatic rings. The molecule has 21 heavy (non-hydrogen) atoms. The zero-order valence-electron chi connectivity index (χ0n) is 12.6. The Morgan fingerprint density at radius 1 is 1.43 bits per heavy atom. The summed E-state index contributed by atoms with van der Waals surface area (Å²) in [5.74, 6) is -0.315. The van der Waals surface area contributed by atoms with Crippen LogP contribution in [0.1, 0.15) is 33.6 Å². The Labute approximate surface area is 124 Å². The Kier molecular flexibility index (Phi) is 4.49. The fraction of sp³-hybridized carbons (Fsp3) is 0.600. The van der Waals surface area contributed by atoms with Crippen LogP contribution in [-0.2, 0) is 9.53 Å². The van der Waals surface area contributed by atoms with E-state index in [1.807, 2.05) is 45.1 Å². The Morgan fingerprint density at radius 2 is 2.10 bits per heavy atom. The summed E-state index contributed by atoms with van der Waals surface area (Å²) in [5, 5.41) is 19.2. The number of aliphatic hydroxyl groups is 1. The fourth-order valence-electron chi connectivity index (χ4n) is 2.43. The molecule has 3 atom stereocenters. The molecule has 2 unspecified atom stereocenters. The third-order valence-corrected chi connectivity index (χ3v) is 3.25. The highest BCUT2D eigenvalue weighted by molar-refractivity contribution is 5.88. The van der Waals surface area contributed by atoms with Crippen LogP contribution < -0.4 is 0 Å². The fourth-order valence-corrected chi connectivity index (χ4v) is 2.43. The molecule has 1 aliphatic heterocycles. The molecule has 0 amide bonds. The van der Waals surface area contributed by atoms with Crippen molar-refractivity contribution < 1.29 is 19.7 Å². The minimum Gasteiger partial charge on any atom is -0.481 e. The first-order valence-corrected chi connectivity index (χ1v) is 7.05. The van der Waals surface area contributed by atoms with Gasteiger partial charge in [0.15, 0.2) is 0 Å². The first kappa shape index (κ1) is 15.7. The first-order valence-electron chi connectivity index (χ1n) is 7.05. The van der Waals surface area contributed by atoms with Gasteiger partial charge in [-0.1, -0.05) is 24.3 Å². The van der Waals surface area contributed by atoms with Crippen molar-refractivity contribution in [3.05, 3.63) is 24.3 Å². The van der Waals surface area contributed by atoms with E-state index in [1.54, 1.807) is 4.90 Å². The maximum absolute atomic E-state index is 10.8. The highest BCUT2D eigenvalue weighted by Crippen LogP contribution is 2.28. The van der Waals surface area contributed by atoms with Crippen molar-refractivity contribution in [1.29, 1.82) is 0 Å².